The minimum Gasteiger partial charge on any atom is -0.459 e. The van der Waals surface area contributed by atoms with Gasteiger partial charge in [-0.25, -0.2) is 4.98 Å². The van der Waals surface area contributed by atoms with Gasteiger partial charge >= 0.3 is 0 Å². The van der Waals surface area contributed by atoms with Crippen LogP contribution in [0.25, 0.3) is 0 Å². The Balaban J connectivity index is 2.08. The smallest absolute Gasteiger partial charge is 0.289 e. The number of aromatic nitrogens is 2. The van der Waals surface area contributed by atoms with Crippen molar-refractivity contribution in [3.8, 4) is 0 Å². The molecular weight excluding hydrogens is 206 g/mol. The number of hydrogen-bond donors (Lipinski definition) is 1. The van der Waals surface area contributed by atoms with E-state index in [1.807, 2.05) is 6.92 Å². The number of aryl methyl sites for hydroxylation is 1. The van der Waals surface area contributed by atoms with Crippen molar-refractivity contribution in [1.29, 1.82) is 0 Å². The second-order valence-electron chi connectivity index (χ2n) is 3.63. The minimum absolute atomic E-state index is 0.140. The SMILES string of the molecule is Cc1ccoc1C(=O)N(C)Cc1ncc[nH]1. The predicted molar refractivity (Wildman–Crippen MR) is 57.8 cm³/mol. The molecule has 0 spiro atoms. The van der Waals surface area contributed by atoms with Gasteiger partial charge in [0, 0.05) is 25.0 Å². The molecule has 0 saturated carbocycles. The molecule has 1 N–H and O–H groups in total. The monoisotopic (exact) mass is 219 g/mol. The van der Waals surface area contributed by atoms with Crippen molar-refractivity contribution in [2.75, 3.05) is 7.05 Å². The van der Waals surface area contributed by atoms with Crippen LogP contribution in [0.15, 0.2) is 29.1 Å². The summed E-state index contributed by atoms with van der Waals surface area (Å²) in [6.45, 7) is 2.28. The Kier molecular flexibility index (Phi) is 2.76. The summed E-state index contributed by atoms with van der Waals surface area (Å²) in [6.07, 6.45) is 4.90. The largest absolute Gasteiger partial charge is 0.459 e. The third-order valence-corrected chi connectivity index (χ3v) is 2.34. The van der Waals surface area contributed by atoms with E-state index in [9.17, 15) is 4.79 Å². The van der Waals surface area contributed by atoms with Gasteiger partial charge in [-0.15, -0.1) is 0 Å². The summed E-state index contributed by atoms with van der Waals surface area (Å²) in [5, 5.41) is 0. The third-order valence-electron chi connectivity index (χ3n) is 2.34. The van der Waals surface area contributed by atoms with E-state index in [0.29, 0.717) is 12.3 Å². The molecule has 0 fully saturated rings. The summed E-state index contributed by atoms with van der Waals surface area (Å²) in [5.74, 6) is 0.994. The molecule has 2 aromatic heterocycles. The highest BCUT2D eigenvalue weighted by Crippen LogP contribution is 2.12. The van der Waals surface area contributed by atoms with Crippen molar-refractivity contribution in [3.05, 3.63) is 41.9 Å². The number of nitrogens with one attached hydrogen (secondary N) is 1. The Bertz CT molecular complexity index is 473. The maximum Gasteiger partial charge on any atom is 0.289 e. The summed E-state index contributed by atoms with van der Waals surface area (Å²) >= 11 is 0. The Morgan fingerprint density at radius 1 is 1.62 bits per heavy atom. The van der Waals surface area contributed by atoms with Gasteiger partial charge in [-0.1, -0.05) is 0 Å². The Morgan fingerprint density at radius 2 is 2.44 bits per heavy atom. The molecule has 0 aliphatic rings. The van der Waals surface area contributed by atoms with Crippen molar-refractivity contribution in [1.82, 2.24) is 14.9 Å². The van der Waals surface area contributed by atoms with Gasteiger partial charge in [-0.2, -0.15) is 0 Å². The molecule has 2 aromatic rings. The van der Waals surface area contributed by atoms with E-state index in [4.69, 9.17) is 4.42 Å². The molecule has 2 rings (SSSR count). The van der Waals surface area contributed by atoms with E-state index in [1.165, 1.54) is 6.26 Å². The van der Waals surface area contributed by atoms with Crippen molar-refractivity contribution in [2.24, 2.45) is 0 Å². The molecule has 0 bridgehead atoms. The maximum absolute atomic E-state index is 11.9. The normalized spacial score (nSPS) is 10.4. The summed E-state index contributed by atoms with van der Waals surface area (Å²) in [7, 11) is 1.72. The fraction of sp³-hybridized carbons (Fsp3) is 0.273. The second kappa shape index (κ2) is 4.22. The van der Waals surface area contributed by atoms with Crippen LogP contribution in [0.5, 0.6) is 0 Å². The van der Waals surface area contributed by atoms with Crippen LogP contribution in [-0.2, 0) is 6.54 Å². The zero-order valence-electron chi connectivity index (χ0n) is 9.23. The number of furan rings is 1. The maximum atomic E-state index is 11.9. The molecule has 0 aliphatic heterocycles. The molecule has 84 valence electrons. The first-order valence-corrected chi connectivity index (χ1v) is 4.96. The van der Waals surface area contributed by atoms with Gasteiger partial charge in [0.2, 0.25) is 0 Å². The van der Waals surface area contributed by atoms with Gasteiger partial charge in [0.15, 0.2) is 5.76 Å². The highest BCUT2D eigenvalue weighted by Gasteiger charge is 2.17. The van der Waals surface area contributed by atoms with Crippen LogP contribution in [0.4, 0.5) is 0 Å². The first kappa shape index (κ1) is 10.5. The van der Waals surface area contributed by atoms with E-state index >= 15 is 0 Å². The highest BCUT2D eigenvalue weighted by atomic mass is 16.3. The molecule has 16 heavy (non-hydrogen) atoms. The second-order valence-corrected chi connectivity index (χ2v) is 3.63. The molecule has 0 aromatic carbocycles. The highest BCUT2D eigenvalue weighted by molar-refractivity contribution is 5.92. The summed E-state index contributed by atoms with van der Waals surface area (Å²) < 4.78 is 5.14. The van der Waals surface area contributed by atoms with Gasteiger partial charge in [0.1, 0.15) is 5.82 Å². The first-order chi connectivity index (χ1) is 7.68. The number of amides is 1. The van der Waals surface area contributed by atoms with E-state index in [1.54, 1.807) is 30.4 Å². The number of hydrogen-bond acceptors (Lipinski definition) is 3. The Labute approximate surface area is 93.1 Å². The molecule has 0 atom stereocenters. The van der Waals surface area contributed by atoms with Gasteiger partial charge < -0.3 is 14.3 Å². The summed E-state index contributed by atoms with van der Waals surface area (Å²) in [6, 6.07) is 1.77. The Morgan fingerprint density at radius 3 is 3.00 bits per heavy atom. The number of H-pyrrole nitrogens is 1. The molecule has 0 aliphatic carbocycles. The fourth-order valence-electron chi connectivity index (χ4n) is 1.45. The number of nitrogens with zero attached hydrogens (tertiary/aromatic N) is 2. The quantitative estimate of drug-likeness (QED) is 0.852. The first-order valence-electron chi connectivity index (χ1n) is 4.96. The average molecular weight is 219 g/mol. The molecule has 5 heteroatoms. The van der Waals surface area contributed by atoms with Crippen LogP contribution >= 0.6 is 0 Å². The van der Waals surface area contributed by atoms with Crippen LogP contribution in [0.1, 0.15) is 21.9 Å². The molecule has 0 unspecified atom stereocenters. The molecular formula is C11H13N3O2. The lowest BCUT2D eigenvalue weighted by molar-refractivity contribution is 0.0749. The number of aromatic amines is 1. The molecule has 0 saturated heterocycles. The van der Waals surface area contributed by atoms with Crippen LogP contribution in [0, 0.1) is 6.92 Å². The summed E-state index contributed by atoms with van der Waals surface area (Å²) in [4.78, 5) is 20.5. The minimum atomic E-state index is -0.140. The van der Waals surface area contributed by atoms with E-state index in [0.717, 1.165) is 11.4 Å². The average Bonchev–Trinajstić information content (AvgIpc) is 2.88. The number of imidazole rings is 1. The van der Waals surface area contributed by atoms with Crippen LogP contribution in [0.2, 0.25) is 0 Å². The van der Waals surface area contributed by atoms with E-state index in [-0.39, 0.29) is 5.91 Å². The molecule has 5 nitrogen and oxygen atoms in total. The number of carbonyl (C=O) groups is 1. The molecule has 1 amide bonds. The topological polar surface area (TPSA) is 62.1 Å². The lowest BCUT2D eigenvalue weighted by Crippen LogP contribution is -2.26. The predicted octanol–water partition coefficient (Wildman–Crippen LogP) is 1.58. The van der Waals surface area contributed by atoms with Crippen molar-refractivity contribution in [2.45, 2.75) is 13.5 Å². The van der Waals surface area contributed by atoms with Crippen LogP contribution in [0.3, 0.4) is 0 Å². The Hall–Kier alpha value is -2.04. The lowest BCUT2D eigenvalue weighted by Gasteiger charge is -2.14. The summed E-state index contributed by atoms with van der Waals surface area (Å²) in [5.41, 5.74) is 0.844. The third kappa shape index (κ3) is 1.98. The lowest BCUT2D eigenvalue weighted by atomic mass is 10.2. The van der Waals surface area contributed by atoms with Gasteiger partial charge in [0.25, 0.3) is 5.91 Å². The molecule has 0 radical (unpaired) electrons. The van der Waals surface area contributed by atoms with Gasteiger partial charge in [-0.05, 0) is 13.0 Å². The van der Waals surface area contributed by atoms with Gasteiger partial charge in [-0.3, -0.25) is 4.79 Å². The van der Waals surface area contributed by atoms with Gasteiger partial charge in [0.05, 0.1) is 12.8 Å². The standard InChI is InChI=1S/C11H13N3O2/c1-8-3-6-16-10(8)11(15)14(2)7-9-12-4-5-13-9/h3-6H,7H2,1-2H3,(H,12,13). The van der Waals surface area contributed by atoms with Crippen LogP contribution < -0.4 is 0 Å². The fourth-order valence-corrected chi connectivity index (χ4v) is 1.45. The van der Waals surface area contributed by atoms with E-state index in [2.05, 4.69) is 9.97 Å². The van der Waals surface area contributed by atoms with E-state index < -0.39 is 0 Å². The zero-order valence-corrected chi connectivity index (χ0v) is 9.23. The van der Waals surface area contributed by atoms with Crippen molar-refractivity contribution >= 4 is 5.91 Å². The zero-order chi connectivity index (χ0) is 11.5. The number of rotatable bonds is 3. The van der Waals surface area contributed by atoms with Crippen LogP contribution in [-0.4, -0.2) is 27.8 Å². The van der Waals surface area contributed by atoms with Crippen molar-refractivity contribution in [3.63, 3.8) is 0 Å². The van der Waals surface area contributed by atoms with Crippen molar-refractivity contribution < 1.29 is 9.21 Å². The number of carbonyl (C=O) groups excluding carboxylic acids is 1. The molecule has 2 heterocycles.